The fourth-order valence-electron chi connectivity index (χ4n) is 2.18. The zero-order valence-electron chi connectivity index (χ0n) is 9.78. The Morgan fingerprint density at radius 2 is 2.25 bits per heavy atom. The molecule has 3 N–H and O–H groups in total. The zero-order valence-corrected chi connectivity index (χ0v) is 9.78. The first kappa shape index (κ1) is 13.2. The van der Waals surface area contributed by atoms with Gasteiger partial charge in [-0.3, -0.25) is 0 Å². The predicted octanol–water partition coefficient (Wildman–Crippen LogP) is 1.16. The predicted molar refractivity (Wildman–Crippen MR) is 62.2 cm³/mol. The minimum Gasteiger partial charge on any atom is -0.478 e. The maximum Gasteiger partial charge on any atom is 0.328 e. The Kier molecular flexibility index (Phi) is 5.49. The van der Waals surface area contributed by atoms with Crippen molar-refractivity contribution in [2.24, 2.45) is 5.92 Å². The molecule has 16 heavy (non-hydrogen) atoms. The van der Waals surface area contributed by atoms with Crippen LogP contribution in [0.3, 0.4) is 0 Å². The second kappa shape index (κ2) is 6.66. The van der Waals surface area contributed by atoms with E-state index in [1.54, 1.807) is 6.92 Å². The number of carboxylic acid groups (broad SMARTS) is 1. The van der Waals surface area contributed by atoms with Crippen LogP contribution in [0.15, 0.2) is 11.6 Å². The van der Waals surface area contributed by atoms with Gasteiger partial charge in [0.25, 0.3) is 0 Å². The molecular formula is C12H21NO3. The highest BCUT2D eigenvalue weighted by Crippen LogP contribution is 2.23. The summed E-state index contributed by atoms with van der Waals surface area (Å²) in [5, 5.41) is 21.3. The second-order valence-corrected chi connectivity index (χ2v) is 4.65. The van der Waals surface area contributed by atoms with Crippen LogP contribution in [0.5, 0.6) is 0 Å². The molecule has 1 rings (SSSR count). The van der Waals surface area contributed by atoms with Crippen LogP contribution in [0.2, 0.25) is 0 Å². The van der Waals surface area contributed by atoms with E-state index in [9.17, 15) is 9.90 Å². The van der Waals surface area contributed by atoms with Crippen LogP contribution in [0.1, 0.15) is 32.6 Å². The molecule has 0 heterocycles. The molecular weight excluding hydrogens is 206 g/mol. The molecule has 0 aliphatic heterocycles. The molecule has 0 aromatic heterocycles. The van der Waals surface area contributed by atoms with Crippen LogP contribution in [0.25, 0.3) is 0 Å². The number of carbonyl (C=O) groups is 1. The van der Waals surface area contributed by atoms with Gasteiger partial charge in [0.2, 0.25) is 0 Å². The topological polar surface area (TPSA) is 69.6 Å². The van der Waals surface area contributed by atoms with E-state index >= 15 is 0 Å². The minimum absolute atomic E-state index is 0.142. The van der Waals surface area contributed by atoms with Gasteiger partial charge in [0.05, 0.1) is 6.10 Å². The van der Waals surface area contributed by atoms with Crippen molar-refractivity contribution in [2.75, 3.05) is 13.1 Å². The first-order valence-corrected chi connectivity index (χ1v) is 5.87. The lowest BCUT2D eigenvalue weighted by atomic mass is 9.87. The lowest BCUT2D eigenvalue weighted by Crippen LogP contribution is -2.30. The molecule has 0 radical (unpaired) electrons. The smallest absolute Gasteiger partial charge is 0.328 e. The Balaban J connectivity index is 2.17. The van der Waals surface area contributed by atoms with Gasteiger partial charge in [0.1, 0.15) is 0 Å². The molecule has 1 saturated carbocycles. The van der Waals surface area contributed by atoms with Gasteiger partial charge in [-0.25, -0.2) is 4.79 Å². The largest absolute Gasteiger partial charge is 0.478 e. The Bertz CT molecular complexity index is 263. The monoisotopic (exact) mass is 227 g/mol. The van der Waals surface area contributed by atoms with Crippen molar-refractivity contribution >= 4 is 5.97 Å². The van der Waals surface area contributed by atoms with Gasteiger partial charge in [-0.05, 0) is 38.6 Å². The first-order valence-electron chi connectivity index (χ1n) is 5.87. The number of rotatable bonds is 5. The van der Waals surface area contributed by atoms with E-state index in [0.29, 0.717) is 12.5 Å². The van der Waals surface area contributed by atoms with Crippen molar-refractivity contribution in [3.8, 4) is 0 Å². The maximum atomic E-state index is 10.4. The molecule has 1 fully saturated rings. The molecule has 0 amide bonds. The standard InChI is InChI=1S/C12H21NO3/c1-9(5-12(15)16)7-13-8-10-3-2-4-11(14)6-10/h5,10-11,13-14H,2-4,6-8H2,1H3,(H,15,16). The summed E-state index contributed by atoms with van der Waals surface area (Å²) in [5.41, 5.74) is 0.823. The molecule has 0 aromatic rings. The quantitative estimate of drug-likeness (QED) is 0.616. The van der Waals surface area contributed by atoms with E-state index < -0.39 is 5.97 Å². The molecule has 2 atom stereocenters. The lowest BCUT2D eigenvalue weighted by molar-refractivity contribution is -0.131. The molecule has 0 aromatic carbocycles. The van der Waals surface area contributed by atoms with Crippen molar-refractivity contribution in [2.45, 2.75) is 38.7 Å². The summed E-state index contributed by atoms with van der Waals surface area (Å²) in [6.07, 6.45) is 5.13. The van der Waals surface area contributed by atoms with E-state index in [1.165, 1.54) is 6.08 Å². The number of aliphatic carboxylic acids is 1. The molecule has 4 heteroatoms. The van der Waals surface area contributed by atoms with Crippen molar-refractivity contribution in [1.82, 2.24) is 5.32 Å². The summed E-state index contributed by atoms with van der Waals surface area (Å²) in [6, 6.07) is 0. The third kappa shape index (κ3) is 5.28. The fourth-order valence-corrected chi connectivity index (χ4v) is 2.18. The van der Waals surface area contributed by atoms with Gasteiger partial charge < -0.3 is 15.5 Å². The summed E-state index contributed by atoms with van der Waals surface area (Å²) in [6.45, 7) is 3.28. The molecule has 92 valence electrons. The number of aliphatic hydroxyl groups excluding tert-OH is 1. The van der Waals surface area contributed by atoms with Crippen LogP contribution in [-0.4, -0.2) is 35.4 Å². The highest BCUT2D eigenvalue weighted by molar-refractivity contribution is 5.80. The van der Waals surface area contributed by atoms with E-state index in [1.807, 2.05) is 0 Å². The summed E-state index contributed by atoms with van der Waals surface area (Å²) in [7, 11) is 0. The maximum absolute atomic E-state index is 10.4. The number of nitrogens with one attached hydrogen (secondary N) is 1. The van der Waals surface area contributed by atoms with Gasteiger partial charge in [-0.15, -0.1) is 0 Å². The number of carboxylic acids is 1. The van der Waals surface area contributed by atoms with E-state index in [4.69, 9.17) is 5.11 Å². The molecule has 2 unspecified atom stereocenters. The average Bonchev–Trinajstić information content (AvgIpc) is 2.16. The molecule has 1 aliphatic rings. The summed E-state index contributed by atoms with van der Waals surface area (Å²) >= 11 is 0. The van der Waals surface area contributed by atoms with Crippen molar-refractivity contribution in [3.63, 3.8) is 0 Å². The molecule has 1 aliphatic carbocycles. The normalized spacial score (nSPS) is 26.8. The van der Waals surface area contributed by atoms with Crippen LogP contribution in [-0.2, 0) is 4.79 Å². The Morgan fingerprint density at radius 3 is 2.88 bits per heavy atom. The zero-order chi connectivity index (χ0) is 12.0. The van der Waals surface area contributed by atoms with Gasteiger partial charge in [-0.1, -0.05) is 12.0 Å². The molecule has 0 saturated heterocycles. The van der Waals surface area contributed by atoms with E-state index in [-0.39, 0.29) is 6.10 Å². The van der Waals surface area contributed by atoms with Gasteiger partial charge >= 0.3 is 5.97 Å². The molecule has 0 spiro atoms. The summed E-state index contributed by atoms with van der Waals surface area (Å²) in [4.78, 5) is 10.4. The Morgan fingerprint density at radius 1 is 1.50 bits per heavy atom. The van der Waals surface area contributed by atoms with Crippen LogP contribution >= 0.6 is 0 Å². The van der Waals surface area contributed by atoms with Crippen molar-refractivity contribution in [3.05, 3.63) is 11.6 Å². The fraction of sp³-hybridized carbons (Fsp3) is 0.750. The molecule has 0 bridgehead atoms. The Labute approximate surface area is 96.4 Å². The Hall–Kier alpha value is -0.870. The summed E-state index contributed by atoms with van der Waals surface area (Å²) in [5.74, 6) is -0.367. The van der Waals surface area contributed by atoms with Crippen LogP contribution in [0, 0.1) is 5.92 Å². The van der Waals surface area contributed by atoms with E-state index in [0.717, 1.165) is 37.8 Å². The third-order valence-corrected chi connectivity index (χ3v) is 2.96. The number of hydrogen-bond acceptors (Lipinski definition) is 3. The number of hydrogen-bond donors (Lipinski definition) is 3. The van der Waals surface area contributed by atoms with Gasteiger partial charge in [0, 0.05) is 12.6 Å². The van der Waals surface area contributed by atoms with Crippen molar-refractivity contribution in [1.29, 1.82) is 0 Å². The minimum atomic E-state index is -0.896. The summed E-state index contributed by atoms with van der Waals surface area (Å²) < 4.78 is 0. The van der Waals surface area contributed by atoms with Gasteiger partial charge in [-0.2, -0.15) is 0 Å². The van der Waals surface area contributed by atoms with Crippen LogP contribution < -0.4 is 5.32 Å². The van der Waals surface area contributed by atoms with Gasteiger partial charge in [0.15, 0.2) is 0 Å². The van der Waals surface area contributed by atoms with E-state index in [2.05, 4.69) is 5.32 Å². The van der Waals surface area contributed by atoms with Crippen molar-refractivity contribution < 1.29 is 15.0 Å². The molecule has 4 nitrogen and oxygen atoms in total. The van der Waals surface area contributed by atoms with Crippen LogP contribution in [0.4, 0.5) is 0 Å². The highest BCUT2D eigenvalue weighted by Gasteiger charge is 2.19. The SMILES string of the molecule is CC(=CC(=O)O)CNCC1CCCC(O)C1. The third-order valence-electron chi connectivity index (χ3n) is 2.96. The highest BCUT2D eigenvalue weighted by atomic mass is 16.4. The number of aliphatic hydroxyl groups is 1. The average molecular weight is 227 g/mol. The second-order valence-electron chi connectivity index (χ2n) is 4.65. The first-order chi connectivity index (χ1) is 7.58. The lowest BCUT2D eigenvalue weighted by Gasteiger charge is -2.26.